The Balaban J connectivity index is 1.52. The van der Waals surface area contributed by atoms with Crippen LogP contribution in [0.25, 0.3) is 11.3 Å². The molecule has 49 heavy (non-hydrogen) atoms. The molecule has 1 atom stereocenters. The Morgan fingerprint density at radius 3 is 1.61 bits per heavy atom. The molecule has 0 fully saturated rings. The minimum Gasteiger partial charge on any atom is -0.324 e. The standard InChI is InChI=1S/C44H39N4O/c1-46(43(49)38-26-14-5-15-27-38)44(39-28-16-6-17-29-39,40-30-18-7-19-31-40)42(32-35-20-8-2-9-21-35)48-34-41(37-24-12-4-13-25-37)47(45-48)33-36-22-10-3-11-23-36/h2-31,34,42H,32-33H2,1H3/q+1/t42-/m0/s1. The first kappa shape index (κ1) is 31.5. The number of carbonyl (C=O) groups excluding carboxylic acids is 1. The highest BCUT2D eigenvalue weighted by Gasteiger charge is 2.52. The Morgan fingerprint density at radius 1 is 0.633 bits per heavy atom. The van der Waals surface area contributed by atoms with Gasteiger partial charge in [0.1, 0.15) is 12.1 Å². The summed E-state index contributed by atoms with van der Waals surface area (Å²) < 4.78 is 4.19. The zero-order chi connectivity index (χ0) is 33.5. The molecule has 7 rings (SSSR count). The van der Waals surface area contributed by atoms with Gasteiger partial charge in [-0.15, -0.1) is 9.36 Å². The molecular weight excluding hydrogens is 601 g/mol. The molecule has 0 aliphatic rings. The van der Waals surface area contributed by atoms with Crippen LogP contribution in [0.4, 0.5) is 0 Å². The number of rotatable bonds is 11. The molecule has 0 saturated heterocycles. The van der Waals surface area contributed by atoms with Gasteiger partial charge in [-0.3, -0.25) is 4.79 Å². The predicted octanol–water partition coefficient (Wildman–Crippen LogP) is 8.39. The van der Waals surface area contributed by atoms with Crippen LogP contribution in [0.3, 0.4) is 0 Å². The van der Waals surface area contributed by atoms with Crippen molar-refractivity contribution in [2.24, 2.45) is 0 Å². The van der Waals surface area contributed by atoms with E-state index in [1.165, 1.54) is 0 Å². The first-order valence-corrected chi connectivity index (χ1v) is 16.7. The molecule has 7 aromatic rings. The van der Waals surface area contributed by atoms with E-state index in [9.17, 15) is 4.79 Å². The summed E-state index contributed by atoms with van der Waals surface area (Å²) in [6.07, 6.45) is 2.77. The Kier molecular flexibility index (Phi) is 9.24. The Bertz CT molecular complexity index is 2040. The highest BCUT2D eigenvalue weighted by molar-refractivity contribution is 5.95. The van der Waals surface area contributed by atoms with Crippen molar-refractivity contribution in [3.05, 3.63) is 216 Å². The summed E-state index contributed by atoms with van der Waals surface area (Å²) in [6.45, 7) is 0.596. The molecule has 5 nitrogen and oxygen atoms in total. The number of benzene rings is 6. The fraction of sp³-hybridized carbons (Fsp3) is 0.114. The van der Waals surface area contributed by atoms with Crippen LogP contribution in [-0.4, -0.2) is 27.7 Å². The summed E-state index contributed by atoms with van der Waals surface area (Å²) in [5.41, 5.74) is 6.02. The van der Waals surface area contributed by atoms with Crippen LogP contribution in [0.2, 0.25) is 0 Å². The van der Waals surface area contributed by atoms with Gasteiger partial charge in [-0.25, -0.2) is 0 Å². The van der Waals surface area contributed by atoms with Gasteiger partial charge < -0.3 is 4.90 Å². The van der Waals surface area contributed by atoms with E-state index in [4.69, 9.17) is 5.21 Å². The number of nitrogens with zero attached hydrogens (tertiary/aromatic N) is 4. The van der Waals surface area contributed by atoms with Gasteiger partial charge in [0.15, 0.2) is 17.9 Å². The van der Waals surface area contributed by atoms with Gasteiger partial charge in [-0.05, 0) is 34.4 Å². The minimum absolute atomic E-state index is 0.0704. The first-order chi connectivity index (χ1) is 24.1. The van der Waals surface area contributed by atoms with E-state index in [2.05, 4.69) is 137 Å². The number of likely N-dealkylation sites (N-methyl/N-ethyl adjacent to an activating group) is 1. The topological polar surface area (TPSA) is 42.0 Å². The number of carbonyl (C=O) groups is 1. The number of amides is 1. The monoisotopic (exact) mass is 639 g/mol. The normalized spacial score (nSPS) is 11.9. The van der Waals surface area contributed by atoms with Crippen molar-refractivity contribution in [2.45, 2.75) is 24.5 Å². The largest absolute Gasteiger partial charge is 0.324 e. The molecule has 0 bridgehead atoms. The maximum absolute atomic E-state index is 14.8. The second-order valence-electron chi connectivity index (χ2n) is 12.3. The third-order valence-electron chi connectivity index (χ3n) is 9.34. The molecule has 6 aromatic carbocycles. The molecule has 0 N–H and O–H groups in total. The van der Waals surface area contributed by atoms with Gasteiger partial charge in [0.25, 0.3) is 5.91 Å². The first-order valence-electron chi connectivity index (χ1n) is 16.7. The minimum atomic E-state index is -0.976. The molecule has 1 amide bonds. The average Bonchev–Trinajstić information content (AvgIpc) is 3.60. The maximum Gasteiger partial charge on any atom is 0.254 e. The second-order valence-corrected chi connectivity index (χ2v) is 12.3. The second kappa shape index (κ2) is 14.4. The highest BCUT2D eigenvalue weighted by Crippen LogP contribution is 2.44. The summed E-state index contributed by atoms with van der Waals surface area (Å²) in [7, 11) is 1.94. The molecule has 5 heteroatoms. The van der Waals surface area contributed by atoms with Crippen molar-refractivity contribution in [3.8, 4) is 11.3 Å². The molecule has 0 aliphatic heterocycles. The molecule has 0 unspecified atom stereocenters. The Hall–Kier alpha value is -6.07. The van der Waals surface area contributed by atoms with Crippen molar-refractivity contribution >= 4 is 5.91 Å². The highest BCUT2D eigenvalue weighted by atomic mass is 16.2. The van der Waals surface area contributed by atoms with Crippen molar-refractivity contribution in [1.82, 2.24) is 14.8 Å². The van der Waals surface area contributed by atoms with Gasteiger partial charge in [0.05, 0.1) is 5.21 Å². The third-order valence-corrected chi connectivity index (χ3v) is 9.34. The Morgan fingerprint density at radius 2 is 1.08 bits per heavy atom. The summed E-state index contributed by atoms with van der Waals surface area (Å²) in [5, 5.41) is 5.41. The van der Waals surface area contributed by atoms with Gasteiger partial charge in [0, 0.05) is 24.6 Å². The van der Waals surface area contributed by atoms with E-state index >= 15 is 0 Å². The zero-order valence-corrected chi connectivity index (χ0v) is 27.6. The van der Waals surface area contributed by atoms with E-state index in [-0.39, 0.29) is 11.9 Å². The van der Waals surface area contributed by atoms with Crippen LogP contribution in [0.1, 0.15) is 38.7 Å². The molecule has 0 saturated carbocycles. The molecule has 1 aromatic heterocycles. The SMILES string of the molecule is CN(C(=O)c1ccccc1)C(c1ccccc1)(c1ccccc1)[C@H](Cc1ccccc1)[n+]1cc(-c2ccccc2)n(Cc2ccccc2)n1. The van der Waals surface area contributed by atoms with Crippen LogP contribution < -0.4 is 4.68 Å². The summed E-state index contributed by atoms with van der Waals surface area (Å²) in [6, 6.07) is 61.4. The molecule has 1 heterocycles. The molecule has 0 spiro atoms. The fourth-order valence-electron chi connectivity index (χ4n) is 7.00. The molecule has 0 aliphatic carbocycles. The summed E-state index contributed by atoms with van der Waals surface area (Å²) in [5.74, 6) is -0.0704. The molecule has 0 radical (unpaired) electrons. The van der Waals surface area contributed by atoms with Crippen molar-refractivity contribution in [3.63, 3.8) is 0 Å². The summed E-state index contributed by atoms with van der Waals surface area (Å²) in [4.78, 5) is 16.7. The van der Waals surface area contributed by atoms with Gasteiger partial charge in [-0.2, -0.15) is 0 Å². The lowest BCUT2D eigenvalue weighted by Crippen LogP contribution is -2.62. The quantitative estimate of drug-likeness (QED) is 0.134. The van der Waals surface area contributed by atoms with Crippen molar-refractivity contribution in [2.75, 3.05) is 7.05 Å². The van der Waals surface area contributed by atoms with Crippen LogP contribution in [0.15, 0.2) is 188 Å². The van der Waals surface area contributed by atoms with E-state index in [1.54, 1.807) is 0 Å². The van der Waals surface area contributed by atoms with Crippen molar-refractivity contribution < 1.29 is 9.48 Å². The smallest absolute Gasteiger partial charge is 0.254 e. The average molecular weight is 640 g/mol. The summed E-state index contributed by atoms with van der Waals surface area (Å²) >= 11 is 0. The fourth-order valence-corrected chi connectivity index (χ4v) is 7.00. The number of aromatic nitrogens is 3. The van der Waals surface area contributed by atoms with E-state index < -0.39 is 5.54 Å². The van der Waals surface area contributed by atoms with Crippen molar-refractivity contribution in [1.29, 1.82) is 0 Å². The lowest BCUT2D eigenvalue weighted by Gasteiger charge is -2.46. The van der Waals surface area contributed by atoms with Gasteiger partial charge >= 0.3 is 0 Å². The maximum atomic E-state index is 14.8. The third kappa shape index (κ3) is 6.43. The zero-order valence-electron chi connectivity index (χ0n) is 27.6. The molecular formula is C44H39N4O+. The number of hydrogen-bond donors (Lipinski definition) is 0. The van der Waals surface area contributed by atoms with Crippen LogP contribution in [-0.2, 0) is 18.5 Å². The lowest BCUT2D eigenvalue weighted by atomic mass is 9.73. The van der Waals surface area contributed by atoms with Gasteiger partial charge in [0.2, 0.25) is 0 Å². The van der Waals surface area contributed by atoms with E-state index in [1.807, 2.05) is 72.6 Å². The Labute approximate surface area is 288 Å². The molecule has 240 valence electrons. The van der Waals surface area contributed by atoms with Gasteiger partial charge in [-0.1, -0.05) is 170 Å². The van der Waals surface area contributed by atoms with Crippen LogP contribution >= 0.6 is 0 Å². The number of hydrogen-bond acceptors (Lipinski definition) is 2. The van der Waals surface area contributed by atoms with E-state index in [0.717, 1.165) is 33.5 Å². The lowest BCUT2D eigenvalue weighted by molar-refractivity contribution is -0.787. The van der Waals surface area contributed by atoms with Crippen LogP contribution in [0.5, 0.6) is 0 Å². The van der Waals surface area contributed by atoms with Crippen LogP contribution in [0, 0.1) is 0 Å². The van der Waals surface area contributed by atoms with E-state index in [0.29, 0.717) is 18.5 Å². The predicted molar refractivity (Wildman–Crippen MR) is 195 cm³/mol.